The quantitative estimate of drug-likeness (QED) is 0.626. The van der Waals surface area contributed by atoms with Gasteiger partial charge in [-0.15, -0.1) is 0 Å². The summed E-state index contributed by atoms with van der Waals surface area (Å²) in [5.41, 5.74) is 1.16. The molecule has 1 aromatic carbocycles. The van der Waals surface area contributed by atoms with Gasteiger partial charge in [-0.2, -0.15) is 0 Å². The van der Waals surface area contributed by atoms with Crippen LogP contribution in [0.2, 0.25) is 0 Å². The first kappa shape index (κ1) is 11.6. The molecule has 0 bridgehead atoms. The van der Waals surface area contributed by atoms with Gasteiger partial charge in [-0.25, -0.2) is 0 Å². The Hall–Kier alpha value is -0.900. The van der Waals surface area contributed by atoms with Gasteiger partial charge in [-0.05, 0) is 0 Å². The van der Waals surface area contributed by atoms with Crippen molar-refractivity contribution in [2.24, 2.45) is 5.92 Å². The van der Waals surface area contributed by atoms with Gasteiger partial charge < -0.3 is 9.85 Å². The summed E-state index contributed by atoms with van der Waals surface area (Å²) in [6.45, 7) is 6.24. The zero-order chi connectivity index (χ0) is 11.6. The summed E-state index contributed by atoms with van der Waals surface area (Å²) in [7, 11) is 0. The number of rotatable bonds is 3. The van der Waals surface area contributed by atoms with Crippen molar-refractivity contribution in [3.63, 3.8) is 0 Å². The highest BCUT2D eigenvalue weighted by molar-refractivity contribution is 5.18. The van der Waals surface area contributed by atoms with Gasteiger partial charge in [0.2, 0.25) is 0 Å². The summed E-state index contributed by atoms with van der Waals surface area (Å²) < 4.78 is -0.123. The van der Waals surface area contributed by atoms with Crippen LogP contribution >= 0.6 is 0 Å². The molecule has 0 aliphatic carbocycles. The smallest absolute Gasteiger partial charge is 0.133 e. The van der Waals surface area contributed by atoms with Gasteiger partial charge >= 0.3 is 0 Å². The molecule has 3 nitrogen and oxygen atoms in total. The molecule has 1 heterocycles. The molecule has 16 heavy (non-hydrogen) atoms. The molecule has 1 aliphatic rings. The van der Waals surface area contributed by atoms with E-state index in [-0.39, 0.29) is 10.7 Å². The molecule has 2 atom stereocenters. The fourth-order valence-corrected chi connectivity index (χ4v) is 2.54. The van der Waals surface area contributed by atoms with Crippen molar-refractivity contribution in [2.45, 2.75) is 19.9 Å². The Balaban J connectivity index is 2.21. The fraction of sp³-hybridized carbons (Fsp3) is 0.538. The lowest BCUT2D eigenvalue weighted by molar-refractivity contribution is -0.901. The minimum atomic E-state index is -0.123. The lowest BCUT2D eigenvalue weighted by Gasteiger charge is -2.44. The van der Waals surface area contributed by atoms with Gasteiger partial charge in [0.25, 0.3) is 0 Å². The normalized spacial score (nSPS) is 29.9. The molecule has 2 rings (SSSR count). The van der Waals surface area contributed by atoms with Gasteiger partial charge in [-0.3, -0.25) is 5.32 Å². The summed E-state index contributed by atoms with van der Waals surface area (Å²) in [5, 5.41) is 15.9. The van der Waals surface area contributed by atoms with Crippen molar-refractivity contribution in [1.29, 1.82) is 0 Å². The maximum absolute atomic E-state index is 12.7. The van der Waals surface area contributed by atoms with Crippen molar-refractivity contribution < 1.29 is 4.65 Å². The predicted molar refractivity (Wildman–Crippen MR) is 65.4 cm³/mol. The summed E-state index contributed by atoms with van der Waals surface area (Å²) in [6, 6.07) is 10.2. The maximum Gasteiger partial charge on any atom is 0.133 e. The lowest BCUT2D eigenvalue weighted by atomic mass is 10.1. The third-order valence-corrected chi connectivity index (χ3v) is 3.14. The number of nitrogens with one attached hydrogen (secondary N) is 1. The van der Waals surface area contributed by atoms with Gasteiger partial charge in [0.1, 0.15) is 12.7 Å². The van der Waals surface area contributed by atoms with Crippen LogP contribution in [0.25, 0.3) is 0 Å². The van der Waals surface area contributed by atoms with Crippen molar-refractivity contribution in [3.8, 4) is 0 Å². The molecule has 2 unspecified atom stereocenters. The Bertz CT molecular complexity index is 339. The predicted octanol–water partition coefficient (Wildman–Crippen LogP) is 2.26. The van der Waals surface area contributed by atoms with Crippen molar-refractivity contribution in [1.82, 2.24) is 5.32 Å². The zero-order valence-electron chi connectivity index (χ0n) is 10.0. The van der Waals surface area contributed by atoms with Crippen LogP contribution in [0.15, 0.2) is 30.3 Å². The number of hydrogen-bond donors (Lipinski definition) is 1. The molecule has 1 fully saturated rings. The first-order valence-corrected chi connectivity index (χ1v) is 5.95. The Morgan fingerprint density at radius 1 is 1.38 bits per heavy atom. The average Bonchev–Trinajstić information content (AvgIpc) is 2.60. The second kappa shape index (κ2) is 4.53. The number of hydrogen-bond acceptors (Lipinski definition) is 2. The van der Waals surface area contributed by atoms with Crippen LogP contribution in [0.5, 0.6) is 0 Å². The summed E-state index contributed by atoms with van der Waals surface area (Å²) >= 11 is 0. The van der Waals surface area contributed by atoms with Crippen LogP contribution in [0.3, 0.4) is 0 Å². The van der Waals surface area contributed by atoms with E-state index in [0.717, 1.165) is 12.1 Å². The van der Waals surface area contributed by atoms with Crippen molar-refractivity contribution in [2.75, 3.05) is 19.8 Å². The van der Waals surface area contributed by atoms with Crippen LogP contribution in [0, 0.1) is 11.1 Å². The Morgan fingerprint density at radius 2 is 2.06 bits per heavy atom. The monoisotopic (exact) mass is 220 g/mol. The van der Waals surface area contributed by atoms with E-state index in [1.165, 1.54) is 0 Å². The van der Waals surface area contributed by atoms with E-state index in [1.807, 2.05) is 18.2 Å². The van der Waals surface area contributed by atoms with E-state index in [0.29, 0.717) is 19.1 Å². The average molecular weight is 220 g/mol. The zero-order valence-corrected chi connectivity index (χ0v) is 10.0. The van der Waals surface area contributed by atoms with Crippen LogP contribution in [-0.2, 0) is 0 Å². The first-order chi connectivity index (χ1) is 7.62. The molecular weight excluding hydrogens is 200 g/mol. The van der Waals surface area contributed by atoms with E-state index in [2.05, 4.69) is 31.3 Å². The highest BCUT2D eigenvalue weighted by Gasteiger charge is 2.35. The molecule has 88 valence electrons. The van der Waals surface area contributed by atoms with Crippen molar-refractivity contribution in [3.05, 3.63) is 41.1 Å². The lowest BCUT2D eigenvalue weighted by Crippen LogP contribution is -2.45. The van der Waals surface area contributed by atoms with Crippen LogP contribution in [-0.4, -0.2) is 24.4 Å². The van der Waals surface area contributed by atoms with E-state index >= 15 is 0 Å². The Labute approximate surface area is 97.2 Å². The minimum absolute atomic E-state index is 0.0589. The molecule has 1 N–H and O–H groups in total. The third kappa shape index (κ3) is 2.26. The fourth-order valence-electron chi connectivity index (χ4n) is 2.54. The molecule has 1 aliphatic heterocycles. The number of hydroxylamine groups is 3. The van der Waals surface area contributed by atoms with E-state index in [4.69, 9.17) is 0 Å². The summed E-state index contributed by atoms with van der Waals surface area (Å²) in [4.78, 5) is 0. The number of nitrogens with zero attached hydrogens (tertiary/aromatic N) is 1. The van der Waals surface area contributed by atoms with Gasteiger partial charge in [0, 0.05) is 11.5 Å². The largest absolute Gasteiger partial charge is 0.631 e. The molecule has 0 radical (unpaired) electrons. The SMILES string of the molecule is CC(C)C[N+]1([O-])CNCC1c1ccccc1. The van der Waals surface area contributed by atoms with Gasteiger partial charge in [0.15, 0.2) is 0 Å². The molecule has 0 saturated carbocycles. The minimum Gasteiger partial charge on any atom is -0.631 e. The van der Waals surface area contributed by atoms with E-state index in [1.54, 1.807) is 0 Å². The van der Waals surface area contributed by atoms with Crippen LogP contribution in [0.1, 0.15) is 25.5 Å². The molecule has 1 saturated heterocycles. The molecule has 3 heteroatoms. The topological polar surface area (TPSA) is 35.1 Å². The van der Waals surface area contributed by atoms with E-state index < -0.39 is 0 Å². The molecule has 0 aromatic heterocycles. The van der Waals surface area contributed by atoms with E-state index in [9.17, 15) is 5.21 Å². The Kier molecular flexibility index (Phi) is 3.28. The number of benzene rings is 1. The van der Waals surface area contributed by atoms with Crippen LogP contribution in [0.4, 0.5) is 0 Å². The maximum atomic E-state index is 12.7. The summed E-state index contributed by atoms with van der Waals surface area (Å²) in [5.74, 6) is 0.434. The first-order valence-electron chi connectivity index (χ1n) is 5.95. The highest BCUT2D eigenvalue weighted by atomic mass is 16.6. The highest BCUT2D eigenvalue weighted by Crippen LogP contribution is 2.31. The van der Waals surface area contributed by atoms with Gasteiger partial charge in [0.05, 0.1) is 13.1 Å². The second-order valence-corrected chi connectivity index (χ2v) is 5.07. The standard InChI is InChI=1S/C13H20N2O/c1-11(2)9-15(16)10-14-8-13(15)12-6-4-3-5-7-12/h3-7,11,13-14H,8-10H2,1-2H3. The van der Waals surface area contributed by atoms with Crippen LogP contribution < -0.4 is 5.32 Å². The molecule has 1 aromatic rings. The molecule has 0 amide bonds. The number of quaternary nitrogens is 1. The summed E-state index contributed by atoms with van der Waals surface area (Å²) in [6.07, 6.45) is 0. The van der Waals surface area contributed by atoms with Crippen molar-refractivity contribution >= 4 is 0 Å². The second-order valence-electron chi connectivity index (χ2n) is 5.07. The molecular formula is C13H20N2O. The molecule has 0 spiro atoms. The third-order valence-electron chi connectivity index (χ3n) is 3.14. The van der Waals surface area contributed by atoms with Gasteiger partial charge in [-0.1, -0.05) is 44.2 Å². The Morgan fingerprint density at radius 3 is 2.69 bits per heavy atom.